The number of hydrogen-bond donors (Lipinski definition) is 1. The molecule has 1 heterocycles. The van der Waals surface area contributed by atoms with E-state index in [1.54, 1.807) is 30.2 Å². The Balaban J connectivity index is 1.96. The highest BCUT2D eigenvalue weighted by Crippen LogP contribution is 2.22. The van der Waals surface area contributed by atoms with E-state index in [4.69, 9.17) is 21.1 Å². The minimum atomic E-state index is -0.302. The van der Waals surface area contributed by atoms with Crippen LogP contribution in [0.3, 0.4) is 0 Å². The molecular formula is C15H21ClN2O3. The van der Waals surface area contributed by atoms with Crippen LogP contribution in [0.2, 0.25) is 5.02 Å². The number of carbonyl (C=O) groups is 1. The first-order valence-corrected chi connectivity index (χ1v) is 7.28. The first-order valence-electron chi connectivity index (χ1n) is 6.90. The number of methoxy groups -OCH3 is 1. The first kappa shape index (κ1) is 15.9. The molecule has 0 bridgehead atoms. The third kappa shape index (κ3) is 4.25. The molecule has 21 heavy (non-hydrogen) atoms. The maximum absolute atomic E-state index is 12.2. The number of urea groups is 1. The molecule has 5 nitrogen and oxygen atoms in total. The average Bonchev–Trinajstić information content (AvgIpc) is 2.43. The van der Waals surface area contributed by atoms with Crippen LogP contribution in [0, 0.1) is 0 Å². The molecule has 1 aliphatic rings. The van der Waals surface area contributed by atoms with Gasteiger partial charge in [0.15, 0.2) is 0 Å². The van der Waals surface area contributed by atoms with Crippen LogP contribution >= 0.6 is 11.6 Å². The maximum atomic E-state index is 12.2. The molecule has 2 rings (SSSR count). The van der Waals surface area contributed by atoms with Crippen molar-refractivity contribution >= 4 is 17.6 Å². The van der Waals surface area contributed by atoms with Gasteiger partial charge in [0.25, 0.3) is 0 Å². The topological polar surface area (TPSA) is 50.8 Å². The number of morpholine rings is 1. The normalized spacial score (nSPS) is 17.4. The number of halogens is 1. The molecule has 1 N–H and O–H groups in total. The Hall–Kier alpha value is -1.46. The minimum absolute atomic E-state index is 0.103. The minimum Gasteiger partial charge on any atom is -0.496 e. The van der Waals surface area contributed by atoms with Gasteiger partial charge in [-0.25, -0.2) is 4.79 Å². The van der Waals surface area contributed by atoms with Crippen molar-refractivity contribution in [2.45, 2.75) is 26.0 Å². The molecule has 0 unspecified atom stereocenters. The van der Waals surface area contributed by atoms with Crippen LogP contribution in [0.1, 0.15) is 19.4 Å². The van der Waals surface area contributed by atoms with Crippen LogP contribution in [0.25, 0.3) is 0 Å². The van der Waals surface area contributed by atoms with Gasteiger partial charge in [0.1, 0.15) is 5.75 Å². The molecule has 1 aromatic carbocycles. The summed E-state index contributed by atoms with van der Waals surface area (Å²) in [5.41, 5.74) is 0.550. The van der Waals surface area contributed by atoms with Crippen molar-refractivity contribution < 1.29 is 14.3 Å². The van der Waals surface area contributed by atoms with Gasteiger partial charge in [-0.05, 0) is 32.0 Å². The predicted molar refractivity (Wildman–Crippen MR) is 81.8 cm³/mol. The summed E-state index contributed by atoms with van der Waals surface area (Å²) < 4.78 is 10.9. The van der Waals surface area contributed by atoms with Crippen molar-refractivity contribution in [2.75, 3.05) is 26.8 Å². The molecule has 6 heteroatoms. The quantitative estimate of drug-likeness (QED) is 0.933. The molecule has 116 valence electrons. The van der Waals surface area contributed by atoms with E-state index in [1.807, 2.05) is 13.8 Å². The molecular weight excluding hydrogens is 292 g/mol. The molecule has 0 radical (unpaired) electrons. The Morgan fingerprint density at radius 1 is 1.52 bits per heavy atom. The van der Waals surface area contributed by atoms with Crippen molar-refractivity contribution in [2.24, 2.45) is 0 Å². The zero-order valence-corrected chi connectivity index (χ0v) is 13.4. The zero-order valence-electron chi connectivity index (χ0n) is 12.6. The van der Waals surface area contributed by atoms with E-state index in [2.05, 4.69) is 5.32 Å². The van der Waals surface area contributed by atoms with Crippen molar-refractivity contribution in [3.8, 4) is 5.75 Å². The highest BCUT2D eigenvalue weighted by atomic mass is 35.5. The number of amides is 2. The number of rotatable bonds is 3. The van der Waals surface area contributed by atoms with Crippen LogP contribution in [-0.4, -0.2) is 43.3 Å². The van der Waals surface area contributed by atoms with E-state index >= 15 is 0 Å². The lowest BCUT2D eigenvalue weighted by Gasteiger charge is -2.38. The van der Waals surface area contributed by atoms with Crippen molar-refractivity contribution in [3.63, 3.8) is 0 Å². The lowest BCUT2D eigenvalue weighted by molar-refractivity contribution is -0.0733. The highest BCUT2D eigenvalue weighted by Gasteiger charge is 2.29. The lowest BCUT2D eigenvalue weighted by Crippen LogP contribution is -2.53. The number of carbonyl (C=O) groups excluding carboxylic acids is 1. The Morgan fingerprint density at radius 2 is 2.29 bits per heavy atom. The summed E-state index contributed by atoms with van der Waals surface area (Å²) in [5, 5.41) is 3.52. The van der Waals surface area contributed by atoms with Crippen LogP contribution < -0.4 is 10.1 Å². The number of nitrogens with one attached hydrogen (secondary N) is 1. The smallest absolute Gasteiger partial charge is 0.317 e. The second kappa shape index (κ2) is 6.54. The largest absolute Gasteiger partial charge is 0.496 e. The molecule has 1 aliphatic heterocycles. The summed E-state index contributed by atoms with van der Waals surface area (Å²) >= 11 is 5.98. The van der Waals surface area contributed by atoms with E-state index in [-0.39, 0.29) is 11.6 Å². The van der Waals surface area contributed by atoms with Crippen molar-refractivity contribution in [1.29, 1.82) is 0 Å². The lowest BCUT2D eigenvalue weighted by atomic mass is 10.1. The Bertz CT molecular complexity index is 520. The van der Waals surface area contributed by atoms with Gasteiger partial charge in [-0.1, -0.05) is 11.6 Å². The SMILES string of the molecule is COc1ccc(Cl)cc1CNC(=O)N1CCOC(C)(C)C1. The van der Waals surface area contributed by atoms with E-state index in [1.165, 1.54) is 0 Å². The van der Waals surface area contributed by atoms with Gasteiger partial charge < -0.3 is 19.7 Å². The third-order valence-electron chi connectivity index (χ3n) is 3.39. The summed E-state index contributed by atoms with van der Waals surface area (Å²) in [6.45, 7) is 6.06. The fourth-order valence-corrected chi connectivity index (χ4v) is 2.55. The third-order valence-corrected chi connectivity index (χ3v) is 3.62. The van der Waals surface area contributed by atoms with Crippen LogP contribution in [0.5, 0.6) is 5.75 Å². The summed E-state index contributed by atoms with van der Waals surface area (Å²) in [6, 6.07) is 5.25. The monoisotopic (exact) mass is 312 g/mol. The summed E-state index contributed by atoms with van der Waals surface area (Å²) in [7, 11) is 1.60. The standard InChI is InChI=1S/C15H21ClN2O3/c1-15(2)10-18(6-7-21-15)14(19)17-9-11-8-12(16)4-5-13(11)20-3/h4-5,8H,6-7,9-10H2,1-3H3,(H,17,19). The van der Waals surface area contributed by atoms with Gasteiger partial charge in [-0.2, -0.15) is 0 Å². The molecule has 0 spiro atoms. The van der Waals surface area contributed by atoms with Gasteiger partial charge in [-0.3, -0.25) is 0 Å². The van der Waals surface area contributed by atoms with E-state index in [9.17, 15) is 4.79 Å². The maximum Gasteiger partial charge on any atom is 0.317 e. The summed E-state index contributed by atoms with van der Waals surface area (Å²) in [6.07, 6.45) is 0. The van der Waals surface area contributed by atoms with Crippen molar-refractivity contribution in [3.05, 3.63) is 28.8 Å². The summed E-state index contributed by atoms with van der Waals surface area (Å²) in [4.78, 5) is 14.0. The Labute approximate surface area is 130 Å². The molecule has 0 saturated carbocycles. The predicted octanol–water partition coefficient (Wildman–Crippen LogP) is 2.67. The van der Waals surface area contributed by atoms with Crippen LogP contribution in [0.15, 0.2) is 18.2 Å². The molecule has 0 aliphatic carbocycles. The molecule has 1 fully saturated rings. The van der Waals surface area contributed by atoms with Crippen LogP contribution in [-0.2, 0) is 11.3 Å². The molecule has 1 aromatic rings. The second-order valence-electron chi connectivity index (χ2n) is 5.64. The molecule has 0 aromatic heterocycles. The van der Waals surface area contributed by atoms with E-state index < -0.39 is 0 Å². The number of nitrogens with zero attached hydrogens (tertiary/aromatic N) is 1. The van der Waals surface area contributed by atoms with Gasteiger partial charge in [0.05, 0.1) is 25.9 Å². The molecule has 1 saturated heterocycles. The average molecular weight is 313 g/mol. The fourth-order valence-electron chi connectivity index (χ4n) is 2.36. The van der Waals surface area contributed by atoms with E-state index in [0.29, 0.717) is 37.0 Å². The second-order valence-corrected chi connectivity index (χ2v) is 6.08. The molecule has 0 atom stereocenters. The van der Waals surface area contributed by atoms with Crippen molar-refractivity contribution in [1.82, 2.24) is 10.2 Å². The van der Waals surface area contributed by atoms with Gasteiger partial charge in [0, 0.05) is 23.7 Å². The van der Waals surface area contributed by atoms with Crippen LogP contribution in [0.4, 0.5) is 4.79 Å². The first-order chi connectivity index (χ1) is 9.91. The highest BCUT2D eigenvalue weighted by molar-refractivity contribution is 6.30. The fraction of sp³-hybridized carbons (Fsp3) is 0.533. The van der Waals surface area contributed by atoms with Gasteiger partial charge in [0.2, 0.25) is 0 Å². The van der Waals surface area contributed by atoms with Gasteiger partial charge >= 0.3 is 6.03 Å². The zero-order chi connectivity index (χ0) is 15.5. The number of hydrogen-bond acceptors (Lipinski definition) is 3. The Kier molecular flexibility index (Phi) is 4.96. The molecule has 2 amide bonds. The van der Waals surface area contributed by atoms with Gasteiger partial charge in [-0.15, -0.1) is 0 Å². The summed E-state index contributed by atoms with van der Waals surface area (Å²) in [5.74, 6) is 0.710. The number of benzene rings is 1. The number of ether oxygens (including phenoxy) is 2. The van der Waals surface area contributed by atoms with E-state index in [0.717, 1.165) is 5.56 Å². The Morgan fingerprint density at radius 3 is 2.95 bits per heavy atom.